The number of halogens is 1. The van der Waals surface area contributed by atoms with Crippen molar-refractivity contribution in [3.05, 3.63) is 24.1 Å². The van der Waals surface area contributed by atoms with E-state index in [2.05, 4.69) is 10.2 Å². The lowest BCUT2D eigenvalue weighted by molar-refractivity contribution is 0.387. The van der Waals surface area contributed by atoms with Crippen molar-refractivity contribution in [2.45, 2.75) is 0 Å². The van der Waals surface area contributed by atoms with Crippen molar-refractivity contribution in [2.24, 2.45) is 0 Å². The lowest BCUT2D eigenvalue weighted by Gasteiger charge is -1.99. The first-order valence-corrected chi connectivity index (χ1v) is 3.48. The lowest BCUT2D eigenvalue weighted by Crippen LogP contribution is -1.86. The van der Waals surface area contributed by atoms with Crippen LogP contribution in [0, 0.1) is 5.82 Å². The third-order valence-electron chi connectivity index (χ3n) is 1.71. The summed E-state index contributed by atoms with van der Waals surface area (Å²) in [7, 11) is 1.43. The highest BCUT2D eigenvalue weighted by molar-refractivity contribution is 5.79. The number of hydrogen-bond donors (Lipinski definition) is 1. The van der Waals surface area contributed by atoms with E-state index < -0.39 is 0 Å². The first-order valence-electron chi connectivity index (χ1n) is 3.48. The molecular formula is C8H7FN2O. The van der Waals surface area contributed by atoms with E-state index >= 15 is 0 Å². The fourth-order valence-electron chi connectivity index (χ4n) is 1.10. The fourth-order valence-corrected chi connectivity index (χ4v) is 1.10. The summed E-state index contributed by atoms with van der Waals surface area (Å²) in [4.78, 5) is 0. The van der Waals surface area contributed by atoms with Gasteiger partial charge < -0.3 is 4.74 Å². The third kappa shape index (κ3) is 0.922. The molecule has 1 heterocycles. The van der Waals surface area contributed by atoms with Crippen LogP contribution in [0.25, 0.3) is 10.9 Å². The molecule has 0 spiro atoms. The van der Waals surface area contributed by atoms with Gasteiger partial charge in [0.25, 0.3) is 0 Å². The Kier molecular flexibility index (Phi) is 1.46. The highest BCUT2D eigenvalue weighted by Gasteiger charge is 2.04. The molecular weight excluding hydrogens is 159 g/mol. The number of fused-ring (bicyclic) bond motifs is 1. The second-order valence-electron chi connectivity index (χ2n) is 2.44. The summed E-state index contributed by atoms with van der Waals surface area (Å²) < 4.78 is 17.8. The Labute approximate surface area is 68.2 Å². The van der Waals surface area contributed by atoms with E-state index in [0.29, 0.717) is 0 Å². The molecule has 0 radical (unpaired) electrons. The number of aromatic amines is 1. The number of aromatic nitrogens is 2. The average molecular weight is 166 g/mol. The van der Waals surface area contributed by atoms with Crippen LogP contribution in [0.4, 0.5) is 4.39 Å². The van der Waals surface area contributed by atoms with Crippen LogP contribution in [0.1, 0.15) is 0 Å². The fraction of sp³-hybridized carbons (Fsp3) is 0.125. The van der Waals surface area contributed by atoms with Gasteiger partial charge in [0.2, 0.25) is 0 Å². The highest BCUT2D eigenvalue weighted by atomic mass is 19.1. The SMILES string of the molecule is COc1cc2[nH]ncc2cc1F. The van der Waals surface area contributed by atoms with E-state index in [-0.39, 0.29) is 11.6 Å². The summed E-state index contributed by atoms with van der Waals surface area (Å²) in [6.07, 6.45) is 1.57. The smallest absolute Gasteiger partial charge is 0.165 e. The third-order valence-corrected chi connectivity index (χ3v) is 1.71. The van der Waals surface area contributed by atoms with Gasteiger partial charge in [-0.2, -0.15) is 5.10 Å². The second-order valence-corrected chi connectivity index (χ2v) is 2.44. The molecule has 3 nitrogen and oxygen atoms in total. The number of nitrogens with one attached hydrogen (secondary N) is 1. The van der Waals surface area contributed by atoms with Gasteiger partial charge in [-0.25, -0.2) is 4.39 Å². The molecule has 0 atom stereocenters. The van der Waals surface area contributed by atoms with Crippen LogP contribution >= 0.6 is 0 Å². The lowest BCUT2D eigenvalue weighted by atomic mass is 10.2. The quantitative estimate of drug-likeness (QED) is 0.700. The number of nitrogens with zero attached hydrogens (tertiary/aromatic N) is 1. The van der Waals surface area contributed by atoms with Gasteiger partial charge in [-0.05, 0) is 6.07 Å². The molecule has 0 aliphatic heterocycles. The van der Waals surface area contributed by atoms with Crippen LogP contribution in [0.5, 0.6) is 5.75 Å². The molecule has 2 aromatic rings. The molecule has 0 unspecified atom stereocenters. The van der Waals surface area contributed by atoms with Crippen LogP contribution in [-0.4, -0.2) is 17.3 Å². The average Bonchev–Trinajstić information content (AvgIpc) is 2.49. The summed E-state index contributed by atoms with van der Waals surface area (Å²) in [6.45, 7) is 0. The predicted octanol–water partition coefficient (Wildman–Crippen LogP) is 1.71. The minimum Gasteiger partial charge on any atom is -0.494 e. The molecule has 0 bridgehead atoms. The molecule has 0 aliphatic rings. The van der Waals surface area contributed by atoms with E-state index in [1.165, 1.54) is 13.2 Å². The predicted molar refractivity (Wildman–Crippen MR) is 42.6 cm³/mol. The number of rotatable bonds is 1. The standard InChI is InChI=1S/C8H7FN2O/c1-12-8-3-7-5(2-6(8)9)4-10-11-7/h2-4H,1H3,(H,10,11). The molecule has 1 aromatic carbocycles. The van der Waals surface area contributed by atoms with Gasteiger partial charge in [0.15, 0.2) is 11.6 Å². The Bertz CT molecular complexity index is 410. The number of H-pyrrole nitrogens is 1. The molecule has 12 heavy (non-hydrogen) atoms. The minimum absolute atomic E-state index is 0.228. The zero-order valence-corrected chi connectivity index (χ0v) is 6.47. The van der Waals surface area contributed by atoms with E-state index in [0.717, 1.165) is 10.9 Å². The normalized spacial score (nSPS) is 10.5. The highest BCUT2D eigenvalue weighted by Crippen LogP contribution is 2.22. The maximum atomic E-state index is 13.0. The summed E-state index contributed by atoms with van der Waals surface area (Å²) >= 11 is 0. The Balaban J connectivity index is 2.73. The van der Waals surface area contributed by atoms with Crippen molar-refractivity contribution in [2.75, 3.05) is 7.11 Å². The number of ether oxygens (including phenoxy) is 1. The Morgan fingerprint density at radius 2 is 2.33 bits per heavy atom. The van der Waals surface area contributed by atoms with E-state index in [4.69, 9.17) is 4.74 Å². The van der Waals surface area contributed by atoms with E-state index in [9.17, 15) is 4.39 Å². The summed E-state index contributed by atoms with van der Waals surface area (Å²) in [5, 5.41) is 7.24. The van der Waals surface area contributed by atoms with Crippen LogP contribution in [0.15, 0.2) is 18.3 Å². The topological polar surface area (TPSA) is 37.9 Å². The summed E-state index contributed by atoms with van der Waals surface area (Å²) in [6, 6.07) is 2.97. The van der Waals surface area contributed by atoms with Crippen LogP contribution in [-0.2, 0) is 0 Å². The van der Waals surface area contributed by atoms with Crippen LogP contribution in [0.3, 0.4) is 0 Å². The molecule has 0 saturated heterocycles. The first kappa shape index (κ1) is 7.09. The van der Waals surface area contributed by atoms with Gasteiger partial charge in [-0.3, -0.25) is 5.10 Å². The van der Waals surface area contributed by atoms with Crippen molar-refractivity contribution < 1.29 is 9.13 Å². The molecule has 1 aromatic heterocycles. The van der Waals surface area contributed by atoms with Crippen molar-refractivity contribution in [3.63, 3.8) is 0 Å². The molecule has 62 valence electrons. The van der Waals surface area contributed by atoms with Gasteiger partial charge in [0.05, 0.1) is 18.8 Å². The molecule has 2 rings (SSSR count). The summed E-state index contributed by atoms with van der Waals surface area (Å²) in [5.74, 6) is -0.141. The largest absolute Gasteiger partial charge is 0.494 e. The van der Waals surface area contributed by atoms with E-state index in [1.807, 2.05) is 0 Å². The van der Waals surface area contributed by atoms with Gasteiger partial charge >= 0.3 is 0 Å². The Morgan fingerprint density at radius 1 is 1.50 bits per heavy atom. The van der Waals surface area contributed by atoms with Crippen LogP contribution in [0.2, 0.25) is 0 Å². The van der Waals surface area contributed by atoms with Crippen LogP contribution < -0.4 is 4.74 Å². The molecule has 1 N–H and O–H groups in total. The van der Waals surface area contributed by atoms with Crippen molar-refractivity contribution >= 4 is 10.9 Å². The molecule has 4 heteroatoms. The molecule has 0 amide bonds. The van der Waals surface area contributed by atoms with E-state index in [1.54, 1.807) is 12.3 Å². The van der Waals surface area contributed by atoms with Gasteiger partial charge in [-0.15, -0.1) is 0 Å². The zero-order chi connectivity index (χ0) is 8.55. The number of hydrogen-bond acceptors (Lipinski definition) is 2. The number of benzene rings is 1. The Morgan fingerprint density at radius 3 is 3.08 bits per heavy atom. The maximum absolute atomic E-state index is 13.0. The number of methoxy groups -OCH3 is 1. The zero-order valence-electron chi connectivity index (χ0n) is 6.47. The van der Waals surface area contributed by atoms with Crippen molar-refractivity contribution in [1.29, 1.82) is 0 Å². The van der Waals surface area contributed by atoms with Gasteiger partial charge in [-0.1, -0.05) is 0 Å². The Hall–Kier alpha value is -1.58. The van der Waals surface area contributed by atoms with Gasteiger partial charge in [0, 0.05) is 11.5 Å². The monoisotopic (exact) mass is 166 g/mol. The molecule has 0 aliphatic carbocycles. The molecule has 0 fully saturated rings. The van der Waals surface area contributed by atoms with Gasteiger partial charge in [0.1, 0.15) is 0 Å². The first-order chi connectivity index (χ1) is 5.81. The summed E-state index contributed by atoms with van der Waals surface area (Å²) in [5.41, 5.74) is 0.772. The van der Waals surface area contributed by atoms with Crippen molar-refractivity contribution in [3.8, 4) is 5.75 Å². The second kappa shape index (κ2) is 2.48. The molecule has 0 saturated carbocycles. The minimum atomic E-state index is -0.369. The maximum Gasteiger partial charge on any atom is 0.165 e. The van der Waals surface area contributed by atoms with Crippen molar-refractivity contribution in [1.82, 2.24) is 10.2 Å².